The molecule has 10 nitrogen and oxygen atoms in total. The Hall–Kier alpha value is -3.85. The Balaban J connectivity index is 1.07. The lowest BCUT2D eigenvalue weighted by molar-refractivity contribution is -0.163. The first-order chi connectivity index (χ1) is 25.1. The number of benzene rings is 1. The Morgan fingerprint density at radius 2 is 1.70 bits per heavy atom. The number of fused-ring (bicyclic) bond motifs is 1. The zero-order valence-electron chi connectivity index (χ0n) is 29.7. The molecule has 5 saturated carbocycles. The number of amides is 1. The molecule has 2 aromatic heterocycles. The third-order valence-electron chi connectivity index (χ3n) is 12.7. The highest BCUT2D eigenvalue weighted by molar-refractivity contribution is 6.00. The molecule has 3 aromatic rings. The minimum atomic E-state index is -5.04. The standard InChI is InChI=1S/C38H44F5N5O5/c1-20(17-52-2)48-16-30(28-8-7-27(14-31(28)48)53-26-5-3-25(4-6-26)47-18-36(39,40)19-47)33-44-15-29(32(45-33)38(41,42)43)34(49)46-37(35(50)51)23-10-21-9-22(12-23)13-24(37)11-21/h7-8,14-16,20-26H,3-6,9-13,17-19H2,1-2H3,(H,46,49)(H,50,51)/t20-,21?,22?,23?,24?,25-,26+,37?/m1/s1. The van der Waals surface area contributed by atoms with Gasteiger partial charge in [-0.2, -0.15) is 13.2 Å². The van der Waals surface area contributed by atoms with Crippen LogP contribution in [-0.4, -0.2) is 86.8 Å². The van der Waals surface area contributed by atoms with Crippen molar-refractivity contribution in [2.75, 3.05) is 26.8 Å². The number of nitrogens with zero attached hydrogens (tertiary/aromatic N) is 4. The lowest BCUT2D eigenvalue weighted by Gasteiger charge is -2.59. The predicted molar refractivity (Wildman–Crippen MR) is 183 cm³/mol. The first-order valence-corrected chi connectivity index (χ1v) is 18.6. The summed E-state index contributed by atoms with van der Waals surface area (Å²) in [5.74, 6) is -4.58. The maximum atomic E-state index is 14.7. The highest BCUT2D eigenvalue weighted by atomic mass is 19.4. The highest BCUT2D eigenvalue weighted by Crippen LogP contribution is 2.58. The molecule has 0 spiro atoms. The van der Waals surface area contributed by atoms with Crippen molar-refractivity contribution in [3.63, 3.8) is 0 Å². The molecule has 9 rings (SSSR count). The fourth-order valence-electron chi connectivity index (χ4n) is 10.4. The minimum Gasteiger partial charge on any atom is -0.490 e. The second kappa shape index (κ2) is 13.2. The number of methoxy groups -OCH3 is 1. The summed E-state index contributed by atoms with van der Waals surface area (Å²) in [5, 5.41) is 13.6. The van der Waals surface area contributed by atoms with Crippen molar-refractivity contribution >= 4 is 22.8 Å². The molecule has 0 unspecified atom stereocenters. The molecule has 6 fully saturated rings. The quantitative estimate of drug-likeness (QED) is 0.214. The van der Waals surface area contributed by atoms with Crippen LogP contribution in [0.2, 0.25) is 0 Å². The first kappa shape index (κ1) is 36.1. The second-order valence-electron chi connectivity index (χ2n) is 16.1. The fourth-order valence-corrected chi connectivity index (χ4v) is 10.4. The zero-order chi connectivity index (χ0) is 37.4. The van der Waals surface area contributed by atoms with E-state index in [1.807, 2.05) is 22.5 Å². The van der Waals surface area contributed by atoms with E-state index in [2.05, 4.69) is 15.3 Å². The van der Waals surface area contributed by atoms with Crippen molar-refractivity contribution in [3.8, 4) is 17.1 Å². The number of hydrogen-bond acceptors (Lipinski definition) is 7. The van der Waals surface area contributed by atoms with Gasteiger partial charge in [0.05, 0.1) is 42.9 Å². The van der Waals surface area contributed by atoms with Crippen LogP contribution >= 0.6 is 0 Å². The molecule has 1 saturated heterocycles. The normalized spacial score (nSPS) is 31.3. The number of likely N-dealkylation sites (tertiary alicyclic amines) is 1. The van der Waals surface area contributed by atoms with Gasteiger partial charge < -0.3 is 24.5 Å². The summed E-state index contributed by atoms with van der Waals surface area (Å²) in [4.78, 5) is 36.6. The molecule has 0 radical (unpaired) electrons. The van der Waals surface area contributed by atoms with Crippen LogP contribution in [0.15, 0.2) is 30.6 Å². The average Bonchev–Trinajstić information content (AvgIpc) is 3.47. The Morgan fingerprint density at radius 1 is 1.04 bits per heavy atom. The maximum absolute atomic E-state index is 14.7. The van der Waals surface area contributed by atoms with Crippen molar-refractivity contribution in [3.05, 3.63) is 41.9 Å². The molecule has 286 valence electrons. The van der Waals surface area contributed by atoms with Gasteiger partial charge in [-0.15, -0.1) is 0 Å². The van der Waals surface area contributed by atoms with E-state index in [1.165, 1.54) is 0 Å². The molecule has 53 heavy (non-hydrogen) atoms. The second-order valence-corrected chi connectivity index (χ2v) is 16.1. The summed E-state index contributed by atoms with van der Waals surface area (Å²) in [6.45, 7) is 1.81. The smallest absolute Gasteiger partial charge is 0.434 e. The van der Waals surface area contributed by atoms with Crippen molar-refractivity contribution in [1.82, 2.24) is 24.8 Å². The summed E-state index contributed by atoms with van der Waals surface area (Å²) in [5.41, 5.74) is -2.93. The number of carboxylic acid groups (broad SMARTS) is 1. The molecule has 15 heteroatoms. The third-order valence-corrected chi connectivity index (χ3v) is 12.7. The number of carbonyl (C=O) groups is 2. The van der Waals surface area contributed by atoms with Gasteiger partial charge in [-0.3, -0.25) is 9.69 Å². The van der Waals surface area contributed by atoms with E-state index in [1.54, 1.807) is 25.4 Å². The minimum absolute atomic E-state index is 0.111. The number of ether oxygens (including phenoxy) is 2. The molecule has 6 aliphatic rings. The van der Waals surface area contributed by atoms with Gasteiger partial charge in [0.25, 0.3) is 11.8 Å². The summed E-state index contributed by atoms with van der Waals surface area (Å²) < 4.78 is 84.5. The summed E-state index contributed by atoms with van der Waals surface area (Å²) in [6, 6.07) is 5.17. The molecule has 3 heterocycles. The highest BCUT2D eigenvalue weighted by Gasteiger charge is 2.62. The maximum Gasteiger partial charge on any atom is 0.434 e. The van der Waals surface area contributed by atoms with Gasteiger partial charge >= 0.3 is 12.1 Å². The lowest BCUT2D eigenvalue weighted by atomic mass is 9.48. The van der Waals surface area contributed by atoms with Crippen LogP contribution in [0.4, 0.5) is 22.0 Å². The van der Waals surface area contributed by atoms with Crippen molar-refractivity contribution in [1.29, 1.82) is 0 Å². The zero-order valence-corrected chi connectivity index (χ0v) is 29.7. The van der Waals surface area contributed by atoms with Crippen LogP contribution in [0.3, 0.4) is 0 Å². The fraction of sp³-hybridized carbons (Fsp3) is 0.632. The molecule has 1 aliphatic heterocycles. The van der Waals surface area contributed by atoms with Gasteiger partial charge in [-0.25, -0.2) is 23.5 Å². The summed E-state index contributed by atoms with van der Waals surface area (Å²) in [7, 11) is 1.55. The first-order valence-electron chi connectivity index (χ1n) is 18.6. The Labute approximate surface area is 303 Å². The van der Waals surface area contributed by atoms with Crippen LogP contribution < -0.4 is 10.1 Å². The predicted octanol–water partition coefficient (Wildman–Crippen LogP) is 6.97. The number of aromatic nitrogens is 3. The van der Waals surface area contributed by atoms with Crippen LogP contribution in [0.5, 0.6) is 5.75 Å². The number of hydrogen-bond donors (Lipinski definition) is 2. The SMILES string of the molecule is COC[C@@H](C)n1cc(-c2ncc(C(=O)NC3(C(=O)O)C4CC5CC(C4)CC3C5)c(C(F)(F)F)n2)c2ccc(O[C@H]3CC[C@@H](N4CC(F)(F)C4)CC3)cc21. The van der Waals surface area contributed by atoms with Gasteiger partial charge in [0.15, 0.2) is 11.5 Å². The van der Waals surface area contributed by atoms with Gasteiger partial charge in [-0.05, 0) is 101 Å². The summed E-state index contributed by atoms with van der Waals surface area (Å²) >= 11 is 0. The van der Waals surface area contributed by atoms with E-state index in [4.69, 9.17) is 9.47 Å². The number of halogens is 5. The van der Waals surface area contributed by atoms with Crippen molar-refractivity contribution in [2.24, 2.45) is 23.7 Å². The largest absolute Gasteiger partial charge is 0.490 e. The third kappa shape index (κ3) is 6.44. The van der Waals surface area contributed by atoms with E-state index in [-0.39, 0.29) is 48.9 Å². The van der Waals surface area contributed by atoms with E-state index in [9.17, 15) is 36.6 Å². The van der Waals surface area contributed by atoms with Gasteiger partial charge in [0.2, 0.25) is 0 Å². The number of nitrogens with one attached hydrogen (secondary N) is 1. The molecule has 1 amide bonds. The van der Waals surface area contributed by atoms with E-state index in [0.29, 0.717) is 79.2 Å². The van der Waals surface area contributed by atoms with Crippen LogP contribution in [0, 0.1) is 23.7 Å². The number of alkyl halides is 5. The van der Waals surface area contributed by atoms with Crippen molar-refractivity contribution < 1.29 is 46.1 Å². The molecule has 1 atom stereocenters. The van der Waals surface area contributed by atoms with Crippen LogP contribution in [0.1, 0.15) is 86.8 Å². The Morgan fingerprint density at radius 3 is 2.28 bits per heavy atom. The molecular weight excluding hydrogens is 701 g/mol. The molecule has 4 bridgehead atoms. The van der Waals surface area contributed by atoms with E-state index >= 15 is 0 Å². The lowest BCUT2D eigenvalue weighted by Crippen LogP contribution is -2.70. The van der Waals surface area contributed by atoms with E-state index in [0.717, 1.165) is 25.5 Å². The average molecular weight is 746 g/mol. The molecule has 2 N–H and O–H groups in total. The van der Waals surface area contributed by atoms with Gasteiger partial charge in [0, 0.05) is 42.6 Å². The number of carboxylic acids is 1. The molecular formula is C38H44F5N5O5. The number of aliphatic carboxylic acids is 1. The monoisotopic (exact) mass is 745 g/mol. The van der Waals surface area contributed by atoms with Crippen LogP contribution in [-0.2, 0) is 15.7 Å². The molecule has 1 aromatic carbocycles. The van der Waals surface area contributed by atoms with Crippen LogP contribution in [0.25, 0.3) is 22.3 Å². The molecule has 5 aliphatic carbocycles. The van der Waals surface area contributed by atoms with Gasteiger partial charge in [0.1, 0.15) is 11.3 Å². The summed E-state index contributed by atoms with van der Waals surface area (Å²) in [6.07, 6.45) is 3.83. The number of rotatable bonds is 10. The van der Waals surface area contributed by atoms with Gasteiger partial charge in [-0.1, -0.05) is 0 Å². The topological polar surface area (TPSA) is 119 Å². The van der Waals surface area contributed by atoms with E-state index < -0.39 is 40.8 Å². The number of carbonyl (C=O) groups excluding carboxylic acids is 1. The Kier molecular flexibility index (Phi) is 8.98. The van der Waals surface area contributed by atoms with Crippen molar-refractivity contribution in [2.45, 2.75) is 101 Å². The Bertz CT molecular complexity index is 1870.